The van der Waals surface area contributed by atoms with Gasteiger partial charge in [0, 0.05) is 69.2 Å². The van der Waals surface area contributed by atoms with Crippen molar-refractivity contribution in [1.29, 1.82) is 0 Å². The number of aryl methyl sites for hydroxylation is 2. The van der Waals surface area contributed by atoms with E-state index < -0.39 is 22.9 Å². The standard InChI is InChI=1S/C43H43FN6O6/c1-28-9-7-10-29(2)40(28)50-42(52)33(41(51)47-43(50)53)26-46-31-13-14-37(34(44)23-31)56-36-15-16-45-35-25-39(38(54-3)24-32(35)36)55-22-8-17-48-18-20-49(21-19-48)27-30-11-5-4-6-12-30/h4-7,9-16,23-26,52H,8,17-22,27H2,1-3H3,(H,47,51,53). The highest BCUT2D eigenvalue weighted by Crippen LogP contribution is 2.38. The Morgan fingerprint density at radius 1 is 0.875 bits per heavy atom. The lowest BCUT2D eigenvalue weighted by molar-refractivity contribution is 0.121. The quantitative estimate of drug-likeness (QED) is 0.0978. The maximum absolute atomic E-state index is 15.4. The zero-order chi connectivity index (χ0) is 39.2. The number of ether oxygens (including phenoxy) is 3. The molecule has 0 bridgehead atoms. The van der Waals surface area contributed by atoms with E-state index in [1.54, 1.807) is 57.5 Å². The van der Waals surface area contributed by atoms with Gasteiger partial charge in [0.1, 0.15) is 11.3 Å². The Labute approximate surface area is 323 Å². The van der Waals surface area contributed by atoms with Crippen LogP contribution in [0.25, 0.3) is 16.6 Å². The summed E-state index contributed by atoms with van der Waals surface area (Å²) in [6, 6.07) is 25.2. The molecule has 2 aromatic heterocycles. The molecule has 4 aromatic carbocycles. The summed E-state index contributed by atoms with van der Waals surface area (Å²) in [4.78, 5) is 41.3. The number of methoxy groups -OCH3 is 1. The monoisotopic (exact) mass is 758 g/mol. The molecule has 0 atom stereocenters. The van der Waals surface area contributed by atoms with Crippen LogP contribution in [0.15, 0.2) is 106 Å². The van der Waals surface area contributed by atoms with Gasteiger partial charge in [-0.3, -0.25) is 24.7 Å². The first-order valence-corrected chi connectivity index (χ1v) is 18.4. The zero-order valence-electron chi connectivity index (χ0n) is 31.5. The molecule has 0 aliphatic carbocycles. The Bertz CT molecular complexity index is 2470. The van der Waals surface area contributed by atoms with Crippen molar-refractivity contribution in [2.75, 3.05) is 46.4 Å². The summed E-state index contributed by atoms with van der Waals surface area (Å²) in [5, 5.41) is 11.6. The van der Waals surface area contributed by atoms with Crippen molar-refractivity contribution < 1.29 is 23.7 Å². The lowest BCUT2D eigenvalue weighted by atomic mass is 10.1. The summed E-state index contributed by atoms with van der Waals surface area (Å²) < 4.78 is 34.3. The molecular formula is C43H43FN6O6. The van der Waals surface area contributed by atoms with Gasteiger partial charge in [0.15, 0.2) is 23.1 Å². The first-order chi connectivity index (χ1) is 27.2. The van der Waals surface area contributed by atoms with E-state index in [0.717, 1.165) is 73.7 Å². The van der Waals surface area contributed by atoms with E-state index in [-0.39, 0.29) is 17.0 Å². The smallest absolute Gasteiger partial charge is 0.335 e. The highest BCUT2D eigenvalue weighted by Gasteiger charge is 2.19. The van der Waals surface area contributed by atoms with Crippen LogP contribution in [0.3, 0.4) is 0 Å². The minimum atomic E-state index is -0.836. The van der Waals surface area contributed by atoms with Crippen LogP contribution in [0, 0.1) is 19.7 Å². The van der Waals surface area contributed by atoms with Crippen molar-refractivity contribution in [3.8, 4) is 34.6 Å². The highest BCUT2D eigenvalue weighted by molar-refractivity contribution is 5.88. The molecule has 288 valence electrons. The number of hydrogen-bond donors (Lipinski definition) is 2. The van der Waals surface area contributed by atoms with Crippen LogP contribution in [-0.2, 0) is 6.54 Å². The molecular weight excluding hydrogens is 716 g/mol. The third-order valence-corrected chi connectivity index (χ3v) is 9.84. The van der Waals surface area contributed by atoms with Gasteiger partial charge in [0.2, 0.25) is 5.88 Å². The number of aromatic nitrogens is 3. The Balaban J connectivity index is 0.996. The predicted octanol–water partition coefficient (Wildman–Crippen LogP) is 6.67. The number of rotatable bonds is 13. The Morgan fingerprint density at radius 3 is 2.36 bits per heavy atom. The first kappa shape index (κ1) is 38.0. The fourth-order valence-electron chi connectivity index (χ4n) is 6.90. The summed E-state index contributed by atoms with van der Waals surface area (Å²) in [5.74, 6) is 0.0374. The number of aliphatic imine (C=N–C) groups is 1. The number of fused-ring (bicyclic) bond motifs is 1. The van der Waals surface area contributed by atoms with Crippen LogP contribution < -0.4 is 25.5 Å². The molecule has 6 aromatic rings. The van der Waals surface area contributed by atoms with Gasteiger partial charge in [-0.1, -0.05) is 48.5 Å². The summed E-state index contributed by atoms with van der Waals surface area (Å²) in [5.41, 5.74) is 2.05. The molecule has 1 saturated heterocycles. The van der Waals surface area contributed by atoms with E-state index in [2.05, 4.69) is 49.0 Å². The first-order valence-electron chi connectivity index (χ1n) is 18.4. The van der Waals surface area contributed by atoms with Gasteiger partial charge in [-0.2, -0.15) is 0 Å². The van der Waals surface area contributed by atoms with Gasteiger partial charge in [-0.25, -0.2) is 13.8 Å². The van der Waals surface area contributed by atoms with Gasteiger partial charge in [0.05, 0.1) is 30.6 Å². The van der Waals surface area contributed by atoms with E-state index in [9.17, 15) is 14.7 Å². The second-order valence-corrected chi connectivity index (χ2v) is 13.7. The third-order valence-electron chi connectivity index (χ3n) is 9.84. The number of H-pyrrole nitrogens is 1. The predicted molar refractivity (Wildman–Crippen MR) is 214 cm³/mol. The second-order valence-electron chi connectivity index (χ2n) is 13.7. The van der Waals surface area contributed by atoms with Crippen molar-refractivity contribution in [1.82, 2.24) is 24.3 Å². The summed E-state index contributed by atoms with van der Waals surface area (Å²) in [6.07, 6.45) is 3.51. The zero-order valence-corrected chi connectivity index (χ0v) is 31.5. The van der Waals surface area contributed by atoms with Crippen molar-refractivity contribution in [3.05, 3.63) is 140 Å². The third kappa shape index (κ3) is 8.49. The minimum absolute atomic E-state index is 0.0686. The molecule has 0 amide bonds. The van der Waals surface area contributed by atoms with E-state index in [0.29, 0.717) is 40.4 Å². The van der Waals surface area contributed by atoms with Crippen molar-refractivity contribution in [2.24, 2.45) is 4.99 Å². The van der Waals surface area contributed by atoms with Crippen molar-refractivity contribution in [2.45, 2.75) is 26.8 Å². The molecule has 1 fully saturated rings. The minimum Gasteiger partial charge on any atom is -0.493 e. The number of hydrogen-bond acceptors (Lipinski definition) is 10. The molecule has 3 heterocycles. The van der Waals surface area contributed by atoms with Gasteiger partial charge in [-0.15, -0.1) is 0 Å². The number of aromatic hydroxyl groups is 1. The molecule has 1 aliphatic rings. The SMILES string of the molecule is COc1cc2c(Oc3ccc(N=Cc4c(O)n(-c5c(C)cccc5C)c(=O)[nH]c4=O)cc3F)ccnc2cc1OCCCN1CCN(Cc2ccccc2)CC1. The molecule has 12 nitrogen and oxygen atoms in total. The molecule has 0 saturated carbocycles. The molecule has 0 spiro atoms. The Kier molecular flexibility index (Phi) is 11.5. The van der Waals surface area contributed by atoms with Crippen LogP contribution >= 0.6 is 0 Å². The summed E-state index contributed by atoms with van der Waals surface area (Å²) >= 11 is 0. The van der Waals surface area contributed by atoms with Crippen LogP contribution in [0.2, 0.25) is 0 Å². The van der Waals surface area contributed by atoms with Gasteiger partial charge in [-0.05, 0) is 61.2 Å². The topological polar surface area (TPSA) is 135 Å². The largest absolute Gasteiger partial charge is 0.493 e. The fraction of sp³-hybridized carbons (Fsp3) is 0.256. The number of benzene rings is 4. The summed E-state index contributed by atoms with van der Waals surface area (Å²) in [6.45, 7) is 10.1. The van der Waals surface area contributed by atoms with Gasteiger partial charge in [0.25, 0.3) is 5.56 Å². The molecule has 0 radical (unpaired) electrons. The van der Waals surface area contributed by atoms with E-state index in [1.807, 2.05) is 12.1 Å². The van der Waals surface area contributed by atoms with Crippen LogP contribution in [0.4, 0.5) is 10.1 Å². The van der Waals surface area contributed by atoms with E-state index in [4.69, 9.17) is 14.2 Å². The number of piperazine rings is 1. The number of para-hydroxylation sites is 1. The Morgan fingerprint density at radius 2 is 1.62 bits per heavy atom. The molecule has 1 aliphatic heterocycles. The molecule has 56 heavy (non-hydrogen) atoms. The normalized spacial score (nSPS) is 13.7. The summed E-state index contributed by atoms with van der Waals surface area (Å²) in [7, 11) is 1.56. The molecule has 0 unspecified atom stereocenters. The number of aromatic amines is 1. The van der Waals surface area contributed by atoms with Crippen LogP contribution in [0.5, 0.6) is 28.9 Å². The van der Waals surface area contributed by atoms with Gasteiger partial charge >= 0.3 is 5.69 Å². The number of nitrogens with zero attached hydrogens (tertiary/aromatic N) is 5. The molecule has 13 heteroatoms. The lowest BCUT2D eigenvalue weighted by Gasteiger charge is -2.34. The van der Waals surface area contributed by atoms with Crippen molar-refractivity contribution >= 4 is 22.8 Å². The lowest BCUT2D eigenvalue weighted by Crippen LogP contribution is -2.46. The average molecular weight is 759 g/mol. The average Bonchev–Trinajstić information content (AvgIpc) is 3.19. The van der Waals surface area contributed by atoms with Gasteiger partial charge < -0.3 is 24.2 Å². The van der Waals surface area contributed by atoms with E-state index in [1.165, 1.54) is 17.7 Å². The number of halogens is 1. The maximum atomic E-state index is 15.4. The number of nitrogens with one attached hydrogen (secondary N) is 1. The fourth-order valence-corrected chi connectivity index (χ4v) is 6.90. The number of pyridine rings is 1. The van der Waals surface area contributed by atoms with E-state index >= 15 is 4.39 Å². The van der Waals surface area contributed by atoms with Crippen LogP contribution in [-0.4, -0.2) is 82.1 Å². The molecule has 2 N–H and O–H groups in total. The maximum Gasteiger partial charge on any atom is 0.335 e. The second kappa shape index (κ2) is 17.0. The Hall–Kier alpha value is -6.31. The van der Waals surface area contributed by atoms with Crippen LogP contribution in [0.1, 0.15) is 28.7 Å². The van der Waals surface area contributed by atoms with Crippen molar-refractivity contribution in [3.63, 3.8) is 0 Å². The highest BCUT2D eigenvalue weighted by atomic mass is 19.1. The molecule has 7 rings (SSSR count).